The maximum Gasteiger partial charge on any atom is 0.232 e. The van der Waals surface area contributed by atoms with Gasteiger partial charge in [-0.15, -0.1) is 6.58 Å². The van der Waals surface area contributed by atoms with Crippen molar-refractivity contribution in [1.29, 1.82) is 0 Å². The molecule has 0 aliphatic rings. The van der Waals surface area contributed by atoms with Gasteiger partial charge in [0, 0.05) is 6.54 Å². The Hall–Kier alpha value is -0.0600. The number of carbonyl (C=O) groups excluding carboxylic acids is 1. The molecule has 1 unspecified atom stereocenters. The third-order valence-corrected chi connectivity index (χ3v) is 1.57. The van der Waals surface area contributed by atoms with E-state index in [2.05, 4.69) is 34.5 Å². The minimum absolute atomic E-state index is 0.0578. The summed E-state index contributed by atoms with van der Waals surface area (Å²) in [4.78, 5) is 10.9. The Labute approximate surface area is 75.2 Å². The van der Waals surface area contributed by atoms with Crippen LogP contribution >= 0.6 is 22.6 Å². The van der Waals surface area contributed by atoms with E-state index in [1.54, 1.807) is 6.08 Å². The summed E-state index contributed by atoms with van der Waals surface area (Å²) < 4.78 is 0.0578. The lowest BCUT2D eigenvalue weighted by molar-refractivity contribution is -0.119. The number of hydrogen-bond donors (Lipinski definition) is 1. The van der Waals surface area contributed by atoms with Crippen LogP contribution in [0, 0.1) is 0 Å². The lowest BCUT2D eigenvalue weighted by Crippen LogP contribution is -2.29. The highest BCUT2D eigenvalue weighted by atomic mass is 127. The second kappa shape index (κ2) is 5.70. The standard InChI is InChI=1S/C7H12INO/c1-3-4-5-9-7(10)6(2)8/h3,6H,1,4-5H2,2H3,(H,9,10). The molecule has 0 radical (unpaired) electrons. The van der Waals surface area contributed by atoms with Gasteiger partial charge in [-0.25, -0.2) is 0 Å². The van der Waals surface area contributed by atoms with Crippen molar-refractivity contribution in [1.82, 2.24) is 5.32 Å². The fourth-order valence-corrected chi connectivity index (χ4v) is 0.658. The minimum atomic E-state index is 0.0578. The number of alkyl halides is 1. The van der Waals surface area contributed by atoms with E-state index in [4.69, 9.17) is 0 Å². The Morgan fingerprint density at radius 1 is 1.90 bits per heavy atom. The quantitative estimate of drug-likeness (QED) is 0.350. The number of halogens is 1. The van der Waals surface area contributed by atoms with Gasteiger partial charge in [0.15, 0.2) is 0 Å². The first kappa shape index (κ1) is 9.94. The monoisotopic (exact) mass is 253 g/mol. The van der Waals surface area contributed by atoms with Gasteiger partial charge in [-0.2, -0.15) is 0 Å². The predicted octanol–water partition coefficient (Wildman–Crippen LogP) is 1.50. The molecule has 58 valence electrons. The molecular weight excluding hydrogens is 241 g/mol. The fraction of sp³-hybridized carbons (Fsp3) is 0.571. The number of nitrogens with one attached hydrogen (secondary N) is 1. The van der Waals surface area contributed by atoms with E-state index < -0.39 is 0 Å². The first-order valence-electron chi connectivity index (χ1n) is 3.21. The Morgan fingerprint density at radius 3 is 2.90 bits per heavy atom. The molecular formula is C7H12INO. The summed E-state index contributed by atoms with van der Waals surface area (Å²) in [6.45, 7) is 6.12. The predicted molar refractivity (Wildman–Crippen MR) is 51.3 cm³/mol. The van der Waals surface area contributed by atoms with Crippen LogP contribution in [0.4, 0.5) is 0 Å². The molecule has 0 rings (SSSR count). The second-order valence-corrected chi connectivity index (χ2v) is 3.85. The van der Waals surface area contributed by atoms with E-state index in [0.29, 0.717) is 6.54 Å². The van der Waals surface area contributed by atoms with Crippen LogP contribution in [0.5, 0.6) is 0 Å². The molecule has 0 aromatic heterocycles. The van der Waals surface area contributed by atoms with Crippen LogP contribution < -0.4 is 5.32 Å². The number of amides is 1. The van der Waals surface area contributed by atoms with E-state index in [1.165, 1.54) is 0 Å². The molecule has 0 saturated carbocycles. The SMILES string of the molecule is C=CCCNC(=O)C(C)I. The van der Waals surface area contributed by atoms with Crippen molar-refractivity contribution >= 4 is 28.5 Å². The van der Waals surface area contributed by atoms with Gasteiger partial charge in [0.25, 0.3) is 0 Å². The first-order valence-corrected chi connectivity index (χ1v) is 4.45. The molecule has 2 nitrogen and oxygen atoms in total. The van der Waals surface area contributed by atoms with Gasteiger partial charge in [0.2, 0.25) is 5.91 Å². The summed E-state index contributed by atoms with van der Waals surface area (Å²) in [6, 6.07) is 0. The molecule has 0 spiro atoms. The van der Waals surface area contributed by atoms with E-state index in [1.807, 2.05) is 6.92 Å². The lowest BCUT2D eigenvalue weighted by atomic mass is 10.4. The zero-order chi connectivity index (χ0) is 7.98. The van der Waals surface area contributed by atoms with Crippen molar-refractivity contribution in [3.8, 4) is 0 Å². The molecule has 0 aliphatic heterocycles. The van der Waals surface area contributed by atoms with Gasteiger partial charge in [0.05, 0.1) is 3.92 Å². The van der Waals surface area contributed by atoms with Crippen LogP contribution in [0.2, 0.25) is 0 Å². The van der Waals surface area contributed by atoms with Crippen LogP contribution in [0.3, 0.4) is 0 Å². The average Bonchev–Trinajstić information content (AvgIpc) is 1.88. The Balaban J connectivity index is 3.30. The van der Waals surface area contributed by atoms with Gasteiger partial charge >= 0.3 is 0 Å². The highest BCUT2D eigenvalue weighted by molar-refractivity contribution is 14.1. The normalized spacial score (nSPS) is 12.2. The maximum absolute atomic E-state index is 10.9. The molecule has 3 heteroatoms. The lowest BCUT2D eigenvalue weighted by Gasteiger charge is -2.03. The number of carbonyl (C=O) groups is 1. The summed E-state index contributed by atoms with van der Waals surface area (Å²) in [6.07, 6.45) is 2.63. The molecule has 0 saturated heterocycles. The number of rotatable bonds is 4. The third-order valence-electron chi connectivity index (χ3n) is 1.01. The largest absolute Gasteiger partial charge is 0.355 e. The molecule has 0 bridgehead atoms. The second-order valence-electron chi connectivity index (χ2n) is 1.98. The molecule has 0 fully saturated rings. The summed E-state index contributed by atoms with van der Waals surface area (Å²) >= 11 is 2.08. The van der Waals surface area contributed by atoms with Gasteiger partial charge in [-0.05, 0) is 13.3 Å². The smallest absolute Gasteiger partial charge is 0.232 e. The molecule has 1 atom stereocenters. The molecule has 10 heavy (non-hydrogen) atoms. The Morgan fingerprint density at radius 2 is 2.50 bits per heavy atom. The molecule has 0 heterocycles. The van der Waals surface area contributed by atoms with Crippen LogP contribution in [0.1, 0.15) is 13.3 Å². The minimum Gasteiger partial charge on any atom is -0.355 e. The van der Waals surface area contributed by atoms with Crippen molar-refractivity contribution in [3.63, 3.8) is 0 Å². The van der Waals surface area contributed by atoms with Crippen molar-refractivity contribution in [2.45, 2.75) is 17.3 Å². The van der Waals surface area contributed by atoms with Gasteiger partial charge in [0.1, 0.15) is 0 Å². The Bertz CT molecular complexity index is 123. The van der Waals surface area contributed by atoms with Crippen LogP contribution in [-0.4, -0.2) is 16.4 Å². The topological polar surface area (TPSA) is 29.1 Å². The van der Waals surface area contributed by atoms with Crippen LogP contribution in [0.15, 0.2) is 12.7 Å². The fourth-order valence-electron chi connectivity index (χ4n) is 0.438. The molecule has 0 aliphatic carbocycles. The highest BCUT2D eigenvalue weighted by Gasteiger charge is 2.05. The molecule has 0 aromatic rings. The average molecular weight is 253 g/mol. The van der Waals surface area contributed by atoms with Crippen LogP contribution in [0.25, 0.3) is 0 Å². The third kappa shape index (κ3) is 4.78. The van der Waals surface area contributed by atoms with E-state index in [-0.39, 0.29) is 9.83 Å². The maximum atomic E-state index is 10.9. The van der Waals surface area contributed by atoms with E-state index in [0.717, 1.165) is 6.42 Å². The van der Waals surface area contributed by atoms with Gasteiger partial charge < -0.3 is 5.32 Å². The van der Waals surface area contributed by atoms with Gasteiger partial charge in [-0.3, -0.25) is 4.79 Å². The Kier molecular flexibility index (Phi) is 5.67. The van der Waals surface area contributed by atoms with Crippen LogP contribution in [-0.2, 0) is 4.79 Å². The van der Waals surface area contributed by atoms with Gasteiger partial charge in [-0.1, -0.05) is 28.7 Å². The van der Waals surface area contributed by atoms with E-state index in [9.17, 15) is 4.79 Å². The summed E-state index contributed by atoms with van der Waals surface area (Å²) in [5.74, 6) is 0.0995. The summed E-state index contributed by atoms with van der Waals surface area (Å²) in [5, 5.41) is 2.77. The summed E-state index contributed by atoms with van der Waals surface area (Å²) in [5.41, 5.74) is 0. The molecule has 0 aromatic carbocycles. The van der Waals surface area contributed by atoms with E-state index >= 15 is 0 Å². The highest BCUT2D eigenvalue weighted by Crippen LogP contribution is 1.96. The number of hydrogen-bond acceptors (Lipinski definition) is 1. The van der Waals surface area contributed by atoms with Crippen molar-refractivity contribution < 1.29 is 4.79 Å². The zero-order valence-corrected chi connectivity index (χ0v) is 8.22. The van der Waals surface area contributed by atoms with Crippen molar-refractivity contribution in [2.24, 2.45) is 0 Å². The zero-order valence-electron chi connectivity index (χ0n) is 6.06. The molecule has 1 amide bonds. The summed E-state index contributed by atoms with van der Waals surface area (Å²) in [7, 11) is 0. The molecule has 1 N–H and O–H groups in total. The van der Waals surface area contributed by atoms with Crippen molar-refractivity contribution in [3.05, 3.63) is 12.7 Å². The van der Waals surface area contributed by atoms with Crippen molar-refractivity contribution in [2.75, 3.05) is 6.54 Å². The first-order chi connectivity index (χ1) is 4.68.